The Morgan fingerprint density at radius 2 is 2.15 bits per heavy atom. The lowest BCUT2D eigenvalue weighted by atomic mass is 10.1. The first-order valence-corrected chi connectivity index (χ1v) is 6.87. The largest absolute Gasteiger partial charge is 0.481 e. The van der Waals surface area contributed by atoms with E-state index in [4.69, 9.17) is 10.5 Å². The Kier molecular flexibility index (Phi) is 6.97. The lowest BCUT2D eigenvalue weighted by Crippen LogP contribution is -2.38. The number of rotatable bonds is 9. The van der Waals surface area contributed by atoms with Crippen molar-refractivity contribution in [2.45, 2.75) is 19.9 Å². The summed E-state index contributed by atoms with van der Waals surface area (Å²) in [5.74, 6) is 0.108. The van der Waals surface area contributed by atoms with Gasteiger partial charge in [0.25, 0.3) is 0 Å². The second-order valence-electron chi connectivity index (χ2n) is 4.45. The van der Waals surface area contributed by atoms with E-state index in [1.165, 1.54) is 0 Å². The zero-order valence-corrected chi connectivity index (χ0v) is 12.4. The number of nitrogens with two attached hydrogens (primary N) is 1. The summed E-state index contributed by atoms with van der Waals surface area (Å²) in [6.45, 7) is 7.78. The molecule has 20 heavy (non-hydrogen) atoms. The predicted octanol–water partition coefficient (Wildman–Crippen LogP) is 0.548. The van der Waals surface area contributed by atoms with Crippen molar-refractivity contribution in [3.63, 3.8) is 0 Å². The molecule has 0 fully saturated rings. The Morgan fingerprint density at radius 1 is 1.45 bits per heavy atom. The molecule has 3 N–H and O–H groups in total. The van der Waals surface area contributed by atoms with Crippen molar-refractivity contribution < 1.29 is 9.53 Å². The summed E-state index contributed by atoms with van der Waals surface area (Å²) in [4.78, 5) is 17.9. The molecule has 0 saturated carbocycles. The topological polar surface area (TPSA) is 80.5 Å². The molecule has 0 aliphatic carbocycles. The van der Waals surface area contributed by atoms with Crippen LogP contribution in [0.1, 0.15) is 25.5 Å². The minimum absolute atomic E-state index is 0.406. The van der Waals surface area contributed by atoms with Gasteiger partial charge in [0.2, 0.25) is 11.8 Å². The summed E-state index contributed by atoms with van der Waals surface area (Å²) in [5.41, 5.74) is 6.20. The molecular formula is C14H24N4O2. The molecule has 0 aliphatic rings. The monoisotopic (exact) mass is 280 g/mol. The van der Waals surface area contributed by atoms with Gasteiger partial charge in [-0.05, 0) is 18.7 Å². The zero-order chi connectivity index (χ0) is 15.0. The molecule has 1 aromatic rings. The van der Waals surface area contributed by atoms with Crippen LogP contribution in [0.25, 0.3) is 0 Å². The number of pyridine rings is 1. The first-order chi connectivity index (χ1) is 9.62. The van der Waals surface area contributed by atoms with Gasteiger partial charge in [-0.25, -0.2) is 4.98 Å². The van der Waals surface area contributed by atoms with Gasteiger partial charge in [-0.3, -0.25) is 4.79 Å². The van der Waals surface area contributed by atoms with Gasteiger partial charge >= 0.3 is 0 Å². The van der Waals surface area contributed by atoms with E-state index < -0.39 is 11.9 Å². The number of methoxy groups -OCH3 is 1. The third-order valence-electron chi connectivity index (χ3n) is 3.26. The average Bonchev–Trinajstić information content (AvgIpc) is 2.47. The highest BCUT2D eigenvalue weighted by atomic mass is 16.5. The minimum atomic E-state index is -0.524. The van der Waals surface area contributed by atoms with Gasteiger partial charge in [0, 0.05) is 25.4 Å². The molecule has 1 aromatic heterocycles. The van der Waals surface area contributed by atoms with Gasteiger partial charge in [-0.15, -0.1) is 0 Å². The van der Waals surface area contributed by atoms with Gasteiger partial charge in [-0.2, -0.15) is 0 Å². The minimum Gasteiger partial charge on any atom is -0.481 e. The standard InChI is InChI=1S/C14H24N4O2/c1-4-18(5-2)9-8-16-13(14(15)19)11-6-7-12(20-3)17-10-11/h6-7,10,13,16H,4-5,8-9H2,1-3H3,(H2,15,19). The van der Waals surface area contributed by atoms with Crippen LogP contribution in [0.5, 0.6) is 5.88 Å². The highest BCUT2D eigenvalue weighted by molar-refractivity contribution is 5.81. The Bertz CT molecular complexity index is 404. The van der Waals surface area contributed by atoms with Gasteiger partial charge in [-0.1, -0.05) is 19.9 Å². The molecule has 1 amide bonds. The van der Waals surface area contributed by atoms with Crippen LogP contribution in [0.2, 0.25) is 0 Å². The molecule has 112 valence electrons. The number of carbonyl (C=O) groups is 1. The van der Waals surface area contributed by atoms with E-state index in [-0.39, 0.29) is 0 Å². The van der Waals surface area contributed by atoms with Gasteiger partial charge in [0.05, 0.1) is 7.11 Å². The van der Waals surface area contributed by atoms with Crippen molar-refractivity contribution in [1.82, 2.24) is 15.2 Å². The maximum Gasteiger partial charge on any atom is 0.239 e. The van der Waals surface area contributed by atoms with Crippen LogP contribution < -0.4 is 15.8 Å². The summed E-state index contributed by atoms with van der Waals surface area (Å²) in [5, 5.41) is 3.18. The summed E-state index contributed by atoms with van der Waals surface area (Å²) < 4.78 is 5.00. The molecule has 0 radical (unpaired) electrons. The van der Waals surface area contributed by atoms with E-state index in [0.717, 1.165) is 25.2 Å². The normalized spacial score (nSPS) is 12.4. The Labute approximate surface area is 120 Å². The Morgan fingerprint density at radius 3 is 2.60 bits per heavy atom. The third kappa shape index (κ3) is 4.79. The number of ether oxygens (including phenoxy) is 1. The number of hydrogen-bond donors (Lipinski definition) is 2. The molecular weight excluding hydrogens is 256 g/mol. The van der Waals surface area contributed by atoms with Crippen LogP contribution in [0, 0.1) is 0 Å². The fraction of sp³-hybridized carbons (Fsp3) is 0.571. The van der Waals surface area contributed by atoms with Crippen LogP contribution in [0.3, 0.4) is 0 Å². The number of likely N-dealkylation sites (N-methyl/N-ethyl adjacent to an activating group) is 1. The maximum atomic E-state index is 11.6. The fourth-order valence-electron chi connectivity index (χ4n) is 1.97. The number of aromatic nitrogens is 1. The fourth-order valence-corrected chi connectivity index (χ4v) is 1.97. The molecule has 0 saturated heterocycles. The van der Waals surface area contributed by atoms with Crippen molar-refractivity contribution in [2.75, 3.05) is 33.3 Å². The average molecular weight is 280 g/mol. The molecule has 0 aliphatic heterocycles. The van der Waals surface area contributed by atoms with Crippen LogP contribution in [-0.2, 0) is 4.79 Å². The number of nitrogens with one attached hydrogen (secondary N) is 1. The van der Waals surface area contributed by atoms with Crippen LogP contribution >= 0.6 is 0 Å². The number of nitrogens with zero attached hydrogens (tertiary/aromatic N) is 2. The lowest BCUT2D eigenvalue weighted by molar-refractivity contribution is -0.120. The summed E-state index contributed by atoms with van der Waals surface area (Å²) in [6, 6.07) is 2.99. The van der Waals surface area contributed by atoms with Crippen molar-refractivity contribution in [1.29, 1.82) is 0 Å². The molecule has 1 unspecified atom stereocenters. The summed E-state index contributed by atoms with van der Waals surface area (Å²) in [7, 11) is 1.55. The number of primary amides is 1. The molecule has 0 spiro atoms. The van der Waals surface area contributed by atoms with E-state index in [2.05, 4.69) is 29.0 Å². The predicted molar refractivity (Wildman–Crippen MR) is 78.5 cm³/mol. The van der Waals surface area contributed by atoms with E-state index in [0.29, 0.717) is 12.4 Å². The van der Waals surface area contributed by atoms with Crippen molar-refractivity contribution in [3.05, 3.63) is 23.9 Å². The quantitative estimate of drug-likeness (QED) is 0.690. The Balaban J connectivity index is 2.62. The first-order valence-electron chi connectivity index (χ1n) is 6.87. The molecule has 1 heterocycles. The zero-order valence-electron chi connectivity index (χ0n) is 12.4. The Hall–Kier alpha value is -1.66. The molecule has 0 bridgehead atoms. The van der Waals surface area contributed by atoms with Gasteiger partial charge < -0.3 is 20.7 Å². The molecule has 1 rings (SSSR count). The van der Waals surface area contributed by atoms with E-state index in [1.54, 1.807) is 25.4 Å². The van der Waals surface area contributed by atoms with Crippen LogP contribution in [0.4, 0.5) is 0 Å². The SMILES string of the molecule is CCN(CC)CCNC(C(N)=O)c1ccc(OC)nc1. The second-order valence-corrected chi connectivity index (χ2v) is 4.45. The molecule has 6 nitrogen and oxygen atoms in total. The lowest BCUT2D eigenvalue weighted by Gasteiger charge is -2.21. The van der Waals surface area contributed by atoms with Gasteiger partial charge in [0.15, 0.2) is 0 Å². The van der Waals surface area contributed by atoms with E-state index in [9.17, 15) is 4.79 Å². The highest BCUT2D eigenvalue weighted by Crippen LogP contribution is 2.14. The van der Waals surface area contributed by atoms with Crippen molar-refractivity contribution in [3.8, 4) is 5.88 Å². The van der Waals surface area contributed by atoms with Crippen molar-refractivity contribution in [2.24, 2.45) is 5.73 Å². The van der Waals surface area contributed by atoms with Crippen LogP contribution in [-0.4, -0.2) is 49.1 Å². The third-order valence-corrected chi connectivity index (χ3v) is 3.26. The van der Waals surface area contributed by atoms with Crippen LogP contribution in [0.15, 0.2) is 18.3 Å². The first kappa shape index (κ1) is 16.4. The summed E-state index contributed by atoms with van der Waals surface area (Å²) in [6.07, 6.45) is 1.61. The number of amides is 1. The van der Waals surface area contributed by atoms with Gasteiger partial charge in [0.1, 0.15) is 6.04 Å². The number of carbonyl (C=O) groups excluding carboxylic acids is 1. The second kappa shape index (κ2) is 8.50. The smallest absolute Gasteiger partial charge is 0.239 e. The maximum absolute atomic E-state index is 11.6. The molecule has 6 heteroatoms. The molecule has 0 aromatic carbocycles. The summed E-state index contributed by atoms with van der Waals surface area (Å²) >= 11 is 0. The van der Waals surface area contributed by atoms with E-state index >= 15 is 0 Å². The number of hydrogen-bond acceptors (Lipinski definition) is 5. The molecule has 1 atom stereocenters. The highest BCUT2D eigenvalue weighted by Gasteiger charge is 2.17. The van der Waals surface area contributed by atoms with E-state index in [1.807, 2.05) is 0 Å². The van der Waals surface area contributed by atoms with Crippen molar-refractivity contribution >= 4 is 5.91 Å².